The van der Waals surface area contributed by atoms with Crippen molar-refractivity contribution in [3.8, 4) is 0 Å². The highest BCUT2D eigenvalue weighted by Gasteiger charge is 2.53. The average Bonchev–Trinajstić information content (AvgIpc) is 2.61. The van der Waals surface area contributed by atoms with Crippen molar-refractivity contribution in [3.63, 3.8) is 0 Å². The number of benzene rings is 1. The van der Waals surface area contributed by atoms with Crippen LogP contribution in [0.5, 0.6) is 0 Å². The molecule has 3 aliphatic rings. The summed E-state index contributed by atoms with van der Waals surface area (Å²) < 4.78 is 13.1. The highest BCUT2D eigenvalue weighted by Crippen LogP contribution is 2.46. The van der Waals surface area contributed by atoms with Crippen molar-refractivity contribution in [3.05, 3.63) is 65.3 Å². The van der Waals surface area contributed by atoms with E-state index in [9.17, 15) is 4.39 Å². The highest BCUT2D eigenvalue weighted by molar-refractivity contribution is 6.30. The Morgan fingerprint density at radius 2 is 1.90 bits per heavy atom. The molecule has 1 aromatic carbocycles. The molecule has 1 aromatic heterocycles. The third-order valence-electron chi connectivity index (χ3n) is 6.76. The summed E-state index contributed by atoms with van der Waals surface area (Å²) in [5.74, 6) is 1.65. The Bertz CT molecular complexity index is 957. The minimum absolute atomic E-state index is 0.115. The first-order valence-corrected chi connectivity index (χ1v) is 10.5. The summed E-state index contributed by atoms with van der Waals surface area (Å²) in [6, 6.07) is 9.44. The van der Waals surface area contributed by atoms with Gasteiger partial charge < -0.3 is 14.7 Å². The van der Waals surface area contributed by atoms with Gasteiger partial charge in [0.15, 0.2) is 0 Å². The maximum atomic E-state index is 13.1. The summed E-state index contributed by atoms with van der Waals surface area (Å²) in [7, 11) is 0. The van der Waals surface area contributed by atoms with E-state index in [1.165, 1.54) is 23.5 Å². The molecule has 3 aliphatic heterocycles. The van der Waals surface area contributed by atoms with Crippen LogP contribution in [0.4, 0.5) is 15.9 Å². The molecule has 2 fully saturated rings. The molecule has 2 aromatic rings. The average molecular weight is 413 g/mol. The van der Waals surface area contributed by atoms with Crippen LogP contribution in [0.1, 0.15) is 25.8 Å². The zero-order valence-corrected chi connectivity index (χ0v) is 17.7. The summed E-state index contributed by atoms with van der Waals surface area (Å²) in [6.07, 6.45) is 2.36. The van der Waals surface area contributed by atoms with Crippen LogP contribution in [0.15, 0.2) is 48.9 Å². The number of anilines is 2. The molecule has 5 rings (SSSR count). The summed E-state index contributed by atoms with van der Waals surface area (Å²) in [5.41, 5.74) is 2.94. The van der Waals surface area contributed by atoms with Crippen LogP contribution < -0.4 is 9.80 Å². The van der Waals surface area contributed by atoms with Gasteiger partial charge in [-0.1, -0.05) is 32.0 Å². The van der Waals surface area contributed by atoms with Gasteiger partial charge in [-0.15, -0.1) is 0 Å². The van der Waals surface area contributed by atoms with Crippen molar-refractivity contribution in [1.29, 1.82) is 0 Å². The number of likely N-dealkylation sites (tertiary alicyclic amines) is 1. The number of nitrogens with zero attached hydrogens (tertiary/aromatic N) is 4. The van der Waals surface area contributed by atoms with Crippen LogP contribution in [0.3, 0.4) is 0 Å². The van der Waals surface area contributed by atoms with Crippen LogP contribution in [0, 0.1) is 11.2 Å². The van der Waals surface area contributed by atoms with Crippen LogP contribution in [-0.4, -0.2) is 42.6 Å². The van der Waals surface area contributed by atoms with Gasteiger partial charge in [0, 0.05) is 48.8 Å². The van der Waals surface area contributed by atoms with E-state index in [0.29, 0.717) is 5.41 Å². The van der Waals surface area contributed by atoms with E-state index in [0.717, 1.165) is 55.8 Å². The van der Waals surface area contributed by atoms with Gasteiger partial charge in [-0.3, -0.25) is 0 Å². The molecule has 29 heavy (non-hydrogen) atoms. The molecule has 2 saturated heterocycles. The lowest BCUT2D eigenvalue weighted by molar-refractivity contribution is 0.00127. The molecule has 4 heterocycles. The third-order valence-corrected chi connectivity index (χ3v) is 6.99. The zero-order valence-electron chi connectivity index (χ0n) is 17.0. The number of aromatic nitrogens is 1. The van der Waals surface area contributed by atoms with Gasteiger partial charge in [-0.05, 0) is 47.7 Å². The van der Waals surface area contributed by atoms with E-state index >= 15 is 0 Å². The minimum Gasteiger partial charge on any atom is -0.357 e. The fraction of sp³-hybridized carbons (Fsp3) is 0.435. The number of halogens is 2. The molecule has 0 radical (unpaired) electrons. The summed E-state index contributed by atoms with van der Waals surface area (Å²) in [5, 5.41) is 0.788. The second-order valence-electron chi connectivity index (χ2n) is 9.41. The Morgan fingerprint density at radius 1 is 1.14 bits per heavy atom. The van der Waals surface area contributed by atoms with E-state index in [4.69, 9.17) is 11.6 Å². The van der Waals surface area contributed by atoms with Crippen LogP contribution in [0.2, 0.25) is 5.02 Å². The zero-order chi connectivity index (χ0) is 20.4. The molecular formula is C23H26ClFN4. The van der Waals surface area contributed by atoms with Crippen LogP contribution >= 0.6 is 11.6 Å². The maximum Gasteiger partial charge on any atom is 0.141 e. The van der Waals surface area contributed by atoms with Crippen LogP contribution in [-0.2, 0) is 5.41 Å². The highest BCUT2D eigenvalue weighted by atomic mass is 35.5. The Balaban J connectivity index is 1.25. The Kier molecular flexibility index (Phi) is 4.11. The van der Waals surface area contributed by atoms with E-state index in [1.807, 2.05) is 6.07 Å². The lowest BCUT2D eigenvalue weighted by Crippen LogP contribution is -2.72. The van der Waals surface area contributed by atoms with Crippen molar-refractivity contribution in [2.75, 3.05) is 42.5 Å². The van der Waals surface area contributed by atoms with Gasteiger partial charge >= 0.3 is 0 Å². The quantitative estimate of drug-likeness (QED) is 0.731. The second-order valence-corrected chi connectivity index (χ2v) is 9.85. The molecule has 0 atom stereocenters. The Morgan fingerprint density at radius 3 is 2.59 bits per heavy atom. The monoisotopic (exact) mass is 412 g/mol. The second kappa shape index (κ2) is 6.36. The molecule has 4 nitrogen and oxygen atoms in total. The minimum atomic E-state index is -0.290. The molecule has 0 bridgehead atoms. The number of hydrogen-bond acceptors (Lipinski definition) is 4. The normalized spacial score (nSPS) is 21.4. The molecule has 0 N–H and O–H groups in total. The predicted octanol–water partition coefficient (Wildman–Crippen LogP) is 4.66. The first-order valence-electron chi connectivity index (χ1n) is 10.1. The van der Waals surface area contributed by atoms with Gasteiger partial charge in [0.25, 0.3) is 0 Å². The largest absolute Gasteiger partial charge is 0.357 e. The number of hydrogen-bond donors (Lipinski definition) is 0. The number of fused-ring (bicyclic) bond motifs is 1. The van der Waals surface area contributed by atoms with Crippen LogP contribution in [0.25, 0.3) is 0 Å². The first-order chi connectivity index (χ1) is 13.8. The van der Waals surface area contributed by atoms with E-state index in [1.54, 1.807) is 6.07 Å². The lowest BCUT2D eigenvalue weighted by Gasteiger charge is -2.62. The fourth-order valence-corrected chi connectivity index (χ4v) is 5.17. The van der Waals surface area contributed by atoms with Crippen molar-refractivity contribution in [2.45, 2.75) is 25.7 Å². The van der Waals surface area contributed by atoms with Gasteiger partial charge in [0.2, 0.25) is 0 Å². The molecule has 0 saturated carbocycles. The molecule has 0 amide bonds. The molecule has 152 valence electrons. The molecule has 6 heteroatoms. The fourth-order valence-electron chi connectivity index (χ4n) is 5.00. The first kappa shape index (κ1) is 18.7. The van der Waals surface area contributed by atoms with Gasteiger partial charge in [-0.25, -0.2) is 9.37 Å². The molecule has 0 unspecified atom stereocenters. The third kappa shape index (κ3) is 3.07. The van der Waals surface area contributed by atoms with Crippen molar-refractivity contribution in [2.24, 2.45) is 5.41 Å². The maximum absolute atomic E-state index is 13.1. The standard InChI is InChI=1S/C23H26ClFN4/c1-16(29-9-8-22(2,3)19-10-17(24)4-6-20(19)29)27-12-23(13-27)14-28(15-23)21-7-5-18(25)11-26-21/h4-7,10-11H,1,8-9,12-15H2,2-3H3. The molecule has 1 spiro atoms. The smallest absolute Gasteiger partial charge is 0.141 e. The van der Waals surface area contributed by atoms with Gasteiger partial charge in [0.05, 0.1) is 6.20 Å². The van der Waals surface area contributed by atoms with E-state index in [-0.39, 0.29) is 11.2 Å². The van der Waals surface area contributed by atoms with E-state index in [2.05, 4.69) is 52.2 Å². The van der Waals surface area contributed by atoms with Crippen molar-refractivity contribution < 1.29 is 4.39 Å². The van der Waals surface area contributed by atoms with Crippen molar-refractivity contribution >= 4 is 23.1 Å². The van der Waals surface area contributed by atoms with Crippen molar-refractivity contribution in [1.82, 2.24) is 9.88 Å². The molecular weight excluding hydrogens is 387 g/mol. The number of rotatable bonds is 3. The lowest BCUT2D eigenvalue weighted by atomic mass is 9.72. The SMILES string of the molecule is C=C(N1CC2(C1)CN(c1ccc(F)cn1)C2)N1CCC(C)(C)c2cc(Cl)ccc21. The Labute approximate surface area is 176 Å². The summed E-state index contributed by atoms with van der Waals surface area (Å²) >= 11 is 6.29. The van der Waals surface area contributed by atoms with E-state index < -0.39 is 0 Å². The topological polar surface area (TPSA) is 22.6 Å². The number of pyridine rings is 1. The summed E-state index contributed by atoms with van der Waals surface area (Å²) in [4.78, 5) is 11.2. The summed E-state index contributed by atoms with van der Waals surface area (Å²) in [6.45, 7) is 13.9. The van der Waals surface area contributed by atoms with Gasteiger partial charge in [-0.2, -0.15) is 0 Å². The Hall–Kier alpha value is -2.27. The predicted molar refractivity (Wildman–Crippen MR) is 116 cm³/mol. The van der Waals surface area contributed by atoms with Gasteiger partial charge in [0.1, 0.15) is 17.5 Å². The molecule has 0 aliphatic carbocycles.